The average Bonchev–Trinajstić information content (AvgIpc) is 2.97. The van der Waals surface area contributed by atoms with Gasteiger partial charge in [-0.15, -0.1) is 0 Å². The van der Waals surface area contributed by atoms with Crippen LogP contribution in [0.1, 0.15) is 17.2 Å². The number of hydrogen-bond donors (Lipinski definition) is 0. The molecule has 1 heterocycles. The standard InChI is InChI=1S/C18H17ClFN3O2S/c1-22-12-21-18(17(22)19)26(24,25)23(2)16(13-6-4-3-5-7-13)14-8-10-15(20)11-9-14/h3-12,16H,1-2H3/t16-/m0/s1. The van der Waals surface area contributed by atoms with Gasteiger partial charge in [-0.2, -0.15) is 4.31 Å². The van der Waals surface area contributed by atoms with Crippen molar-refractivity contribution >= 4 is 21.6 Å². The molecule has 0 radical (unpaired) electrons. The van der Waals surface area contributed by atoms with E-state index in [2.05, 4.69) is 4.98 Å². The third-order valence-corrected chi connectivity index (χ3v) is 6.44. The first-order valence-corrected chi connectivity index (χ1v) is 9.59. The van der Waals surface area contributed by atoms with Crippen molar-refractivity contribution in [1.29, 1.82) is 0 Å². The molecule has 0 amide bonds. The van der Waals surface area contributed by atoms with Crippen LogP contribution in [0.3, 0.4) is 0 Å². The van der Waals surface area contributed by atoms with Gasteiger partial charge in [-0.25, -0.2) is 17.8 Å². The molecule has 136 valence electrons. The molecule has 8 heteroatoms. The number of benzene rings is 2. The fourth-order valence-corrected chi connectivity index (χ4v) is 4.45. The van der Waals surface area contributed by atoms with Crippen LogP contribution in [-0.2, 0) is 17.1 Å². The quantitative estimate of drug-likeness (QED) is 0.665. The molecule has 0 aliphatic heterocycles. The Bertz CT molecular complexity index is 1000. The maximum Gasteiger partial charge on any atom is 0.264 e. The summed E-state index contributed by atoms with van der Waals surface area (Å²) in [5.74, 6) is -0.390. The highest BCUT2D eigenvalue weighted by Crippen LogP contribution is 2.33. The highest BCUT2D eigenvalue weighted by Gasteiger charge is 2.34. The van der Waals surface area contributed by atoms with Gasteiger partial charge in [0.25, 0.3) is 10.0 Å². The van der Waals surface area contributed by atoms with E-state index in [0.29, 0.717) is 5.56 Å². The Kier molecular flexibility index (Phi) is 5.13. The number of imidazole rings is 1. The first kappa shape index (κ1) is 18.6. The number of aryl methyl sites for hydroxylation is 1. The van der Waals surface area contributed by atoms with Crippen LogP contribution in [0.4, 0.5) is 4.39 Å². The summed E-state index contributed by atoms with van der Waals surface area (Å²) < 4.78 is 42.2. The molecule has 0 N–H and O–H groups in total. The normalized spacial score (nSPS) is 13.1. The van der Waals surface area contributed by atoms with Crippen LogP contribution in [0.15, 0.2) is 66.0 Å². The van der Waals surface area contributed by atoms with E-state index in [1.165, 1.54) is 34.4 Å². The Morgan fingerprint density at radius 1 is 1.08 bits per heavy atom. The summed E-state index contributed by atoms with van der Waals surface area (Å²) in [6.07, 6.45) is 1.35. The maximum absolute atomic E-state index is 13.3. The zero-order valence-electron chi connectivity index (χ0n) is 14.2. The second-order valence-electron chi connectivity index (χ2n) is 5.84. The monoisotopic (exact) mass is 393 g/mol. The largest absolute Gasteiger partial charge is 0.324 e. The van der Waals surface area contributed by atoms with Gasteiger partial charge in [0.1, 0.15) is 11.0 Å². The van der Waals surface area contributed by atoms with Gasteiger partial charge in [0.2, 0.25) is 5.03 Å². The van der Waals surface area contributed by atoms with E-state index in [0.717, 1.165) is 5.56 Å². The molecule has 5 nitrogen and oxygen atoms in total. The van der Waals surface area contributed by atoms with Gasteiger partial charge in [-0.3, -0.25) is 0 Å². The molecule has 0 aliphatic rings. The SMILES string of the molecule is CN([C@@H](c1ccccc1)c1ccc(F)cc1)S(=O)(=O)c1ncn(C)c1Cl. The lowest BCUT2D eigenvalue weighted by Gasteiger charge is -2.28. The zero-order valence-corrected chi connectivity index (χ0v) is 15.7. The Labute approximate surface area is 156 Å². The van der Waals surface area contributed by atoms with Crippen LogP contribution >= 0.6 is 11.6 Å². The molecule has 0 unspecified atom stereocenters. The van der Waals surface area contributed by atoms with Gasteiger partial charge in [0.15, 0.2) is 0 Å². The Hall–Kier alpha value is -2.22. The molecule has 3 rings (SSSR count). The summed E-state index contributed by atoms with van der Waals surface area (Å²) in [6, 6.07) is 14.2. The molecular weight excluding hydrogens is 377 g/mol. The van der Waals surface area contributed by atoms with E-state index < -0.39 is 16.1 Å². The van der Waals surface area contributed by atoms with Crippen molar-refractivity contribution in [3.8, 4) is 0 Å². The molecule has 0 spiro atoms. The lowest BCUT2D eigenvalue weighted by Crippen LogP contribution is -2.32. The van der Waals surface area contributed by atoms with E-state index in [9.17, 15) is 12.8 Å². The molecule has 3 aromatic rings. The van der Waals surface area contributed by atoms with E-state index in [1.807, 2.05) is 30.3 Å². The van der Waals surface area contributed by atoms with Crippen molar-refractivity contribution in [2.75, 3.05) is 7.05 Å². The Balaban J connectivity index is 2.12. The third-order valence-electron chi connectivity index (χ3n) is 4.12. The van der Waals surface area contributed by atoms with Crippen molar-refractivity contribution in [2.24, 2.45) is 7.05 Å². The van der Waals surface area contributed by atoms with E-state index >= 15 is 0 Å². The Morgan fingerprint density at radius 2 is 1.65 bits per heavy atom. The number of sulfonamides is 1. The summed E-state index contributed by atoms with van der Waals surface area (Å²) in [5, 5.41) is -0.185. The van der Waals surface area contributed by atoms with Crippen LogP contribution in [0.25, 0.3) is 0 Å². The minimum absolute atomic E-state index is 0.0303. The first-order chi connectivity index (χ1) is 12.3. The number of nitrogens with zero attached hydrogens (tertiary/aromatic N) is 3. The van der Waals surface area contributed by atoms with Gasteiger partial charge in [-0.1, -0.05) is 54.1 Å². The Morgan fingerprint density at radius 3 is 2.19 bits per heavy atom. The van der Waals surface area contributed by atoms with E-state index in [1.54, 1.807) is 19.2 Å². The van der Waals surface area contributed by atoms with E-state index in [4.69, 9.17) is 11.6 Å². The maximum atomic E-state index is 13.3. The fraction of sp³-hybridized carbons (Fsp3) is 0.167. The van der Waals surface area contributed by atoms with Crippen molar-refractivity contribution < 1.29 is 12.8 Å². The highest BCUT2D eigenvalue weighted by molar-refractivity contribution is 7.89. The summed E-state index contributed by atoms with van der Waals surface area (Å²) in [5.41, 5.74) is 1.38. The number of rotatable bonds is 5. The smallest absolute Gasteiger partial charge is 0.264 e. The van der Waals surface area contributed by atoms with Crippen LogP contribution in [0.2, 0.25) is 5.15 Å². The minimum Gasteiger partial charge on any atom is -0.324 e. The molecule has 26 heavy (non-hydrogen) atoms. The van der Waals surface area contributed by atoms with Crippen molar-refractivity contribution in [1.82, 2.24) is 13.9 Å². The topological polar surface area (TPSA) is 55.2 Å². The van der Waals surface area contributed by atoms with Gasteiger partial charge in [0, 0.05) is 14.1 Å². The molecular formula is C18H17ClFN3O2S. The predicted molar refractivity (Wildman–Crippen MR) is 97.9 cm³/mol. The summed E-state index contributed by atoms with van der Waals surface area (Å²) >= 11 is 6.10. The molecule has 2 aromatic carbocycles. The summed E-state index contributed by atoms with van der Waals surface area (Å²) in [6.45, 7) is 0. The summed E-state index contributed by atoms with van der Waals surface area (Å²) in [7, 11) is -0.905. The second kappa shape index (κ2) is 7.19. The molecule has 0 aliphatic carbocycles. The van der Waals surface area contributed by atoms with Gasteiger partial charge >= 0.3 is 0 Å². The minimum atomic E-state index is -3.98. The van der Waals surface area contributed by atoms with Crippen molar-refractivity contribution in [3.63, 3.8) is 0 Å². The third kappa shape index (κ3) is 3.38. The molecule has 0 saturated carbocycles. The molecule has 1 aromatic heterocycles. The van der Waals surface area contributed by atoms with Crippen LogP contribution in [0.5, 0.6) is 0 Å². The number of aromatic nitrogens is 2. The number of halogens is 2. The lowest BCUT2D eigenvalue weighted by molar-refractivity contribution is 0.416. The van der Waals surface area contributed by atoms with Gasteiger partial charge < -0.3 is 4.57 Å². The average molecular weight is 394 g/mol. The van der Waals surface area contributed by atoms with Crippen molar-refractivity contribution in [3.05, 3.63) is 83.0 Å². The summed E-state index contributed by atoms with van der Waals surface area (Å²) in [4.78, 5) is 3.93. The molecule has 0 saturated heterocycles. The molecule has 1 atom stereocenters. The number of hydrogen-bond acceptors (Lipinski definition) is 3. The van der Waals surface area contributed by atoms with Crippen LogP contribution < -0.4 is 0 Å². The highest BCUT2D eigenvalue weighted by atomic mass is 35.5. The van der Waals surface area contributed by atoms with Crippen LogP contribution in [-0.4, -0.2) is 29.3 Å². The van der Waals surface area contributed by atoms with Gasteiger partial charge in [-0.05, 0) is 23.3 Å². The van der Waals surface area contributed by atoms with E-state index in [-0.39, 0.29) is 16.0 Å². The predicted octanol–water partition coefficient (Wildman–Crippen LogP) is 3.62. The second-order valence-corrected chi connectivity index (χ2v) is 8.11. The first-order valence-electron chi connectivity index (χ1n) is 7.77. The zero-order chi connectivity index (χ0) is 18.9. The van der Waals surface area contributed by atoms with Crippen molar-refractivity contribution in [2.45, 2.75) is 11.1 Å². The fourth-order valence-electron chi connectivity index (χ4n) is 2.73. The molecule has 0 fully saturated rings. The lowest BCUT2D eigenvalue weighted by atomic mass is 9.99. The van der Waals surface area contributed by atoms with Gasteiger partial charge in [0.05, 0.1) is 12.4 Å². The van der Waals surface area contributed by atoms with Crippen LogP contribution in [0, 0.1) is 5.82 Å². The molecule has 0 bridgehead atoms.